The van der Waals surface area contributed by atoms with Gasteiger partial charge in [0, 0.05) is 18.8 Å². The third-order valence-corrected chi connectivity index (χ3v) is 6.63. The molecule has 7 heteroatoms. The van der Waals surface area contributed by atoms with E-state index in [1.807, 2.05) is 30.3 Å². The van der Waals surface area contributed by atoms with Crippen molar-refractivity contribution in [2.24, 2.45) is 5.92 Å². The molecule has 7 nitrogen and oxygen atoms in total. The highest BCUT2D eigenvalue weighted by atomic mass is 16.4. The fourth-order valence-corrected chi connectivity index (χ4v) is 4.87. The van der Waals surface area contributed by atoms with Crippen LogP contribution >= 0.6 is 0 Å². The number of nitrogens with zero attached hydrogens (tertiary/aromatic N) is 2. The quantitative estimate of drug-likeness (QED) is 0.542. The van der Waals surface area contributed by atoms with Crippen molar-refractivity contribution in [2.75, 3.05) is 31.5 Å². The number of benzene rings is 1. The molecule has 1 saturated heterocycles. The smallest absolute Gasteiger partial charge is 0.305 e. The lowest BCUT2D eigenvalue weighted by molar-refractivity contribution is -0.138. The molecule has 1 fully saturated rings. The second-order valence-electron chi connectivity index (χ2n) is 9.15. The van der Waals surface area contributed by atoms with Gasteiger partial charge < -0.3 is 20.6 Å². The third kappa shape index (κ3) is 6.54. The molecular weight excluding hydrogens is 416 g/mol. The van der Waals surface area contributed by atoms with Crippen LogP contribution in [0.15, 0.2) is 42.5 Å². The van der Waals surface area contributed by atoms with E-state index in [9.17, 15) is 14.7 Å². The van der Waals surface area contributed by atoms with Gasteiger partial charge in [0.1, 0.15) is 5.82 Å². The highest BCUT2D eigenvalue weighted by molar-refractivity contribution is 5.80. The van der Waals surface area contributed by atoms with E-state index in [-0.39, 0.29) is 18.2 Å². The molecule has 3 N–H and O–H groups in total. The summed E-state index contributed by atoms with van der Waals surface area (Å²) in [7, 11) is 0. The summed E-state index contributed by atoms with van der Waals surface area (Å²) in [5.41, 5.74) is 3.26. The Morgan fingerprint density at radius 1 is 1.18 bits per heavy atom. The summed E-state index contributed by atoms with van der Waals surface area (Å²) in [5.74, 6) is -0.0229. The summed E-state index contributed by atoms with van der Waals surface area (Å²) >= 11 is 0. The zero-order chi connectivity index (χ0) is 23.0. The Morgan fingerprint density at radius 3 is 2.85 bits per heavy atom. The molecule has 0 spiro atoms. The molecule has 2 atom stereocenters. The summed E-state index contributed by atoms with van der Waals surface area (Å²) in [5, 5.41) is 15.7. The Hall–Kier alpha value is -2.93. The topological polar surface area (TPSA) is 94.6 Å². The van der Waals surface area contributed by atoms with Crippen LogP contribution in [0.3, 0.4) is 0 Å². The third-order valence-electron chi connectivity index (χ3n) is 6.63. The first-order chi connectivity index (χ1) is 16.1. The van der Waals surface area contributed by atoms with E-state index in [0.29, 0.717) is 0 Å². The molecular formula is C26H34N4O3. The average Bonchev–Trinajstić information content (AvgIpc) is 2.84. The lowest BCUT2D eigenvalue weighted by Gasteiger charge is -2.33. The molecule has 1 amide bonds. The van der Waals surface area contributed by atoms with Gasteiger partial charge in [0.15, 0.2) is 0 Å². The van der Waals surface area contributed by atoms with Gasteiger partial charge in [-0.25, -0.2) is 4.98 Å². The molecule has 1 aromatic heterocycles. The summed E-state index contributed by atoms with van der Waals surface area (Å²) in [4.78, 5) is 31.5. The van der Waals surface area contributed by atoms with Gasteiger partial charge in [0.2, 0.25) is 5.91 Å². The molecule has 2 aliphatic rings. The number of likely N-dealkylation sites (tertiary alicyclic amines) is 1. The molecule has 176 valence electrons. The summed E-state index contributed by atoms with van der Waals surface area (Å²) in [6.07, 6.45) is 5.91. The molecule has 0 saturated carbocycles. The minimum atomic E-state index is -0.916. The number of pyridine rings is 1. The maximum atomic E-state index is 13.0. The van der Waals surface area contributed by atoms with Gasteiger partial charge in [-0.15, -0.1) is 0 Å². The molecule has 2 aliphatic heterocycles. The van der Waals surface area contributed by atoms with Crippen molar-refractivity contribution in [3.8, 4) is 0 Å². The molecule has 3 heterocycles. The van der Waals surface area contributed by atoms with Crippen LogP contribution in [0.1, 0.15) is 55.0 Å². The van der Waals surface area contributed by atoms with E-state index in [4.69, 9.17) is 4.98 Å². The number of carboxylic acids is 1. The van der Waals surface area contributed by atoms with Crippen LogP contribution in [0.5, 0.6) is 0 Å². The molecule has 0 radical (unpaired) electrons. The van der Waals surface area contributed by atoms with Gasteiger partial charge in [-0.05, 0) is 68.8 Å². The van der Waals surface area contributed by atoms with Crippen LogP contribution in [-0.4, -0.2) is 53.0 Å². The maximum Gasteiger partial charge on any atom is 0.305 e. The van der Waals surface area contributed by atoms with E-state index >= 15 is 0 Å². The number of carboxylic acid groups (broad SMARTS) is 1. The molecule has 4 rings (SSSR count). The van der Waals surface area contributed by atoms with Crippen LogP contribution in [0, 0.1) is 5.92 Å². The van der Waals surface area contributed by atoms with Gasteiger partial charge in [-0.1, -0.05) is 36.4 Å². The average molecular weight is 451 g/mol. The summed E-state index contributed by atoms with van der Waals surface area (Å²) < 4.78 is 0. The number of aryl methyl sites for hydroxylation is 2. The van der Waals surface area contributed by atoms with Gasteiger partial charge in [-0.2, -0.15) is 0 Å². The number of aromatic nitrogens is 1. The minimum Gasteiger partial charge on any atom is -0.481 e. The fraction of sp³-hybridized carbons (Fsp3) is 0.500. The van der Waals surface area contributed by atoms with Crippen molar-refractivity contribution in [1.82, 2.24) is 15.2 Å². The van der Waals surface area contributed by atoms with Crippen LogP contribution in [0.25, 0.3) is 0 Å². The number of rotatable bonds is 9. The van der Waals surface area contributed by atoms with E-state index in [0.717, 1.165) is 75.4 Å². The van der Waals surface area contributed by atoms with Crippen molar-refractivity contribution < 1.29 is 14.7 Å². The SMILES string of the molecule is O=C(O)CC(NC(=O)C1CCCN(CCCc2ccc3c(n2)NCCC3)C1)c1ccccc1. The Morgan fingerprint density at radius 2 is 2.03 bits per heavy atom. The Kier molecular flexibility index (Phi) is 7.94. The first kappa shape index (κ1) is 23.2. The molecule has 33 heavy (non-hydrogen) atoms. The first-order valence-electron chi connectivity index (χ1n) is 12.1. The van der Waals surface area contributed by atoms with E-state index < -0.39 is 12.0 Å². The zero-order valence-electron chi connectivity index (χ0n) is 19.1. The number of hydrogen-bond acceptors (Lipinski definition) is 5. The zero-order valence-corrected chi connectivity index (χ0v) is 19.1. The number of amides is 1. The molecule has 0 bridgehead atoms. The number of carbonyl (C=O) groups excluding carboxylic acids is 1. The highest BCUT2D eigenvalue weighted by Gasteiger charge is 2.28. The molecule has 0 aliphatic carbocycles. The Bertz CT molecular complexity index is 950. The van der Waals surface area contributed by atoms with Gasteiger partial charge >= 0.3 is 5.97 Å². The number of anilines is 1. The predicted molar refractivity (Wildman–Crippen MR) is 128 cm³/mol. The standard InChI is InChI=1S/C26H34N4O3/c31-24(32)17-23(19-7-2-1-3-8-19)29-26(33)21-10-5-15-30(18-21)16-6-11-22-13-12-20-9-4-14-27-25(20)28-22/h1-3,7-8,12-13,21,23H,4-6,9-11,14-18H2,(H,27,28)(H,29,33)(H,31,32). The second kappa shape index (κ2) is 11.3. The van der Waals surface area contributed by atoms with E-state index in [1.54, 1.807) is 0 Å². The first-order valence-corrected chi connectivity index (χ1v) is 12.1. The lowest BCUT2D eigenvalue weighted by Crippen LogP contribution is -2.44. The Labute approximate surface area is 195 Å². The number of carbonyl (C=O) groups is 2. The van der Waals surface area contributed by atoms with E-state index in [1.165, 1.54) is 12.0 Å². The van der Waals surface area contributed by atoms with Gasteiger partial charge in [0.25, 0.3) is 0 Å². The van der Waals surface area contributed by atoms with Crippen molar-refractivity contribution in [2.45, 2.75) is 51.0 Å². The van der Waals surface area contributed by atoms with Crippen LogP contribution in [0.2, 0.25) is 0 Å². The molecule has 2 aromatic rings. The highest BCUT2D eigenvalue weighted by Crippen LogP contribution is 2.23. The van der Waals surface area contributed by atoms with Gasteiger partial charge in [0.05, 0.1) is 18.4 Å². The van der Waals surface area contributed by atoms with Crippen LogP contribution < -0.4 is 10.6 Å². The van der Waals surface area contributed by atoms with Crippen LogP contribution in [-0.2, 0) is 22.4 Å². The lowest BCUT2D eigenvalue weighted by atomic mass is 9.95. The Balaban J connectivity index is 1.27. The summed E-state index contributed by atoms with van der Waals surface area (Å²) in [6, 6.07) is 13.2. The second-order valence-corrected chi connectivity index (χ2v) is 9.15. The van der Waals surface area contributed by atoms with Crippen molar-refractivity contribution in [1.29, 1.82) is 0 Å². The minimum absolute atomic E-state index is 0.0442. The van der Waals surface area contributed by atoms with Crippen molar-refractivity contribution in [3.05, 3.63) is 59.3 Å². The number of nitrogens with one attached hydrogen (secondary N) is 2. The maximum absolute atomic E-state index is 13.0. The number of piperidine rings is 1. The monoisotopic (exact) mass is 450 g/mol. The predicted octanol–water partition coefficient (Wildman–Crippen LogP) is 3.42. The number of hydrogen-bond donors (Lipinski definition) is 3. The normalized spacial score (nSPS) is 19.2. The van der Waals surface area contributed by atoms with Gasteiger partial charge in [-0.3, -0.25) is 9.59 Å². The van der Waals surface area contributed by atoms with Crippen molar-refractivity contribution in [3.63, 3.8) is 0 Å². The molecule has 2 unspecified atom stereocenters. The largest absolute Gasteiger partial charge is 0.481 e. The number of aliphatic carboxylic acids is 1. The van der Waals surface area contributed by atoms with E-state index in [2.05, 4.69) is 27.7 Å². The fourth-order valence-electron chi connectivity index (χ4n) is 4.87. The number of fused-ring (bicyclic) bond motifs is 1. The molecule has 1 aromatic carbocycles. The summed E-state index contributed by atoms with van der Waals surface area (Å²) in [6.45, 7) is 3.66. The van der Waals surface area contributed by atoms with Crippen LogP contribution in [0.4, 0.5) is 5.82 Å². The van der Waals surface area contributed by atoms with Crippen molar-refractivity contribution >= 4 is 17.7 Å².